The molecule has 0 fully saturated rings. The maximum atomic E-state index is 5.72. The summed E-state index contributed by atoms with van der Waals surface area (Å²) < 4.78 is 11.8. The van der Waals surface area contributed by atoms with E-state index in [1.807, 2.05) is 6.07 Å². The number of halogens is 1. The second-order valence-electron chi connectivity index (χ2n) is 4.19. The van der Waals surface area contributed by atoms with Crippen molar-refractivity contribution in [1.29, 1.82) is 0 Å². The van der Waals surface area contributed by atoms with Crippen LogP contribution in [0, 0.1) is 0 Å². The van der Waals surface area contributed by atoms with Crippen molar-refractivity contribution in [2.24, 2.45) is 0 Å². The van der Waals surface area contributed by atoms with E-state index in [0.29, 0.717) is 11.6 Å². The van der Waals surface area contributed by atoms with Crippen molar-refractivity contribution < 1.29 is 9.26 Å². The van der Waals surface area contributed by atoms with Crippen LogP contribution in [0.15, 0.2) is 27.2 Å². The third-order valence-corrected chi connectivity index (χ3v) is 3.35. The van der Waals surface area contributed by atoms with Gasteiger partial charge in [0.15, 0.2) is 11.6 Å². The molecule has 0 saturated heterocycles. The standard InChI is InChI=1S/C12H11BrN2O2/c1-6-2-8-3-7(4-9(13)12(8)16-6)10-5-11(14)15-17-10/h3-6H,2H2,1H3,(H2,14,15). The molecule has 4 nitrogen and oxygen atoms in total. The van der Waals surface area contributed by atoms with Crippen LogP contribution in [0.4, 0.5) is 5.82 Å². The summed E-state index contributed by atoms with van der Waals surface area (Å²) in [6.45, 7) is 2.05. The number of fused-ring (bicyclic) bond motifs is 1. The summed E-state index contributed by atoms with van der Waals surface area (Å²) in [6.07, 6.45) is 1.13. The van der Waals surface area contributed by atoms with Crippen LogP contribution >= 0.6 is 15.9 Å². The molecular weight excluding hydrogens is 284 g/mol. The van der Waals surface area contributed by atoms with Gasteiger partial charge in [-0.15, -0.1) is 0 Å². The highest BCUT2D eigenvalue weighted by molar-refractivity contribution is 9.10. The maximum absolute atomic E-state index is 5.72. The van der Waals surface area contributed by atoms with E-state index in [1.54, 1.807) is 6.07 Å². The predicted molar refractivity (Wildman–Crippen MR) is 67.8 cm³/mol. The zero-order valence-electron chi connectivity index (χ0n) is 9.24. The molecule has 3 rings (SSSR count). The topological polar surface area (TPSA) is 61.3 Å². The van der Waals surface area contributed by atoms with Crippen LogP contribution in [0.3, 0.4) is 0 Å². The molecule has 2 heterocycles. The Morgan fingerprint density at radius 3 is 2.94 bits per heavy atom. The van der Waals surface area contributed by atoms with Crippen molar-refractivity contribution in [1.82, 2.24) is 5.16 Å². The molecular formula is C12H11BrN2O2. The highest BCUT2D eigenvalue weighted by atomic mass is 79.9. The molecule has 0 radical (unpaired) electrons. The van der Waals surface area contributed by atoms with E-state index in [4.69, 9.17) is 15.0 Å². The number of hydrogen-bond donors (Lipinski definition) is 1. The van der Waals surface area contributed by atoms with Gasteiger partial charge in [-0.05, 0) is 40.5 Å². The van der Waals surface area contributed by atoms with Crippen LogP contribution in [0.25, 0.3) is 11.3 Å². The Labute approximate surface area is 107 Å². The Kier molecular flexibility index (Phi) is 2.36. The predicted octanol–water partition coefficient (Wildman–Crippen LogP) is 3.01. The highest BCUT2D eigenvalue weighted by Crippen LogP contribution is 2.39. The molecule has 2 N–H and O–H groups in total. The average Bonchev–Trinajstić information content (AvgIpc) is 2.83. The van der Waals surface area contributed by atoms with E-state index < -0.39 is 0 Å². The number of aromatic nitrogens is 1. The fraction of sp³-hybridized carbons (Fsp3) is 0.250. The van der Waals surface area contributed by atoms with Crippen molar-refractivity contribution in [3.63, 3.8) is 0 Å². The number of anilines is 1. The normalized spacial score (nSPS) is 17.9. The van der Waals surface area contributed by atoms with Gasteiger partial charge >= 0.3 is 0 Å². The summed E-state index contributed by atoms with van der Waals surface area (Å²) in [5.74, 6) is 1.99. The Balaban J connectivity index is 2.09. The van der Waals surface area contributed by atoms with Crippen LogP contribution in [-0.4, -0.2) is 11.3 Å². The first kappa shape index (κ1) is 10.7. The van der Waals surface area contributed by atoms with E-state index in [-0.39, 0.29) is 6.10 Å². The maximum Gasteiger partial charge on any atom is 0.169 e. The lowest BCUT2D eigenvalue weighted by atomic mass is 10.1. The van der Waals surface area contributed by atoms with Crippen LogP contribution in [0.2, 0.25) is 0 Å². The Bertz CT molecular complexity index is 580. The Hall–Kier alpha value is -1.49. The number of rotatable bonds is 1. The molecule has 1 aromatic carbocycles. The number of nitrogens with two attached hydrogens (primary N) is 1. The van der Waals surface area contributed by atoms with Crippen molar-refractivity contribution in [3.8, 4) is 17.1 Å². The van der Waals surface area contributed by atoms with E-state index in [1.165, 1.54) is 5.56 Å². The summed E-state index contributed by atoms with van der Waals surface area (Å²) in [5, 5.41) is 3.69. The van der Waals surface area contributed by atoms with E-state index in [0.717, 1.165) is 22.2 Å². The minimum absolute atomic E-state index is 0.219. The molecule has 1 unspecified atom stereocenters. The zero-order valence-corrected chi connectivity index (χ0v) is 10.8. The third-order valence-electron chi connectivity index (χ3n) is 2.76. The van der Waals surface area contributed by atoms with Crippen LogP contribution in [0.1, 0.15) is 12.5 Å². The van der Waals surface area contributed by atoms with Gasteiger partial charge in [-0.3, -0.25) is 0 Å². The lowest BCUT2D eigenvalue weighted by Crippen LogP contribution is -2.05. The van der Waals surface area contributed by atoms with E-state index >= 15 is 0 Å². The summed E-state index contributed by atoms with van der Waals surface area (Å²) in [5.41, 5.74) is 7.68. The molecule has 1 aromatic heterocycles. The molecule has 0 bridgehead atoms. The number of benzene rings is 1. The van der Waals surface area contributed by atoms with Gasteiger partial charge in [-0.2, -0.15) is 0 Å². The zero-order chi connectivity index (χ0) is 12.0. The van der Waals surface area contributed by atoms with Gasteiger partial charge in [-0.25, -0.2) is 0 Å². The van der Waals surface area contributed by atoms with Crippen molar-refractivity contribution in [3.05, 3.63) is 28.2 Å². The molecule has 1 aliphatic heterocycles. The van der Waals surface area contributed by atoms with Crippen LogP contribution < -0.4 is 10.5 Å². The number of ether oxygens (including phenoxy) is 1. The molecule has 5 heteroatoms. The minimum Gasteiger partial charge on any atom is -0.489 e. The molecule has 88 valence electrons. The monoisotopic (exact) mass is 294 g/mol. The van der Waals surface area contributed by atoms with Gasteiger partial charge in [0.1, 0.15) is 11.9 Å². The summed E-state index contributed by atoms with van der Waals surface area (Å²) in [7, 11) is 0. The number of nitrogen functional groups attached to an aromatic ring is 1. The van der Waals surface area contributed by atoms with Gasteiger partial charge in [0.2, 0.25) is 0 Å². The Morgan fingerprint density at radius 2 is 2.24 bits per heavy atom. The molecule has 17 heavy (non-hydrogen) atoms. The molecule has 0 amide bonds. The summed E-state index contributed by atoms with van der Waals surface area (Å²) in [6, 6.07) is 5.73. The van der Waals surface area contributed by atoms with Crippen molar-refractivity contribution >= 4 is 21.7 Å². The van der Waals surface area contributed by atoms with Gasteiger partial charge in [0.05, 0.1) is 4.47 Å². The lowest BCUT2D eigenvalue weighted by molar-refractivity contribution is 0.253. The second-order valence-corrected chi connectivity index (χ2v) is 5.05. The third kappa shape index (κ3) is 1.80. The van der Waals surface area contributed by atoms with Crippen molar-refractivity contribution in [2.75, 3.05) is 5.73 Å². The first-order valence-electron chi connectivity index (χ1n) is 5.35. The number of nitrogens with zero attached hydrogens (tertiary/aromatic N) is 1. The molecule has 1 atom stereocenters. The fourth-order valence-electron chi connectivity index (χ4n) is 2.05. The fourth-order valence-corrected chi connectivity index (χ4v) is 2.65. The first-order valence-corrected chi connectivity index (χ1v) is 6.14. The quantitative estimate of drug-likeness (QED) is 0.878. The lowest BCUT2D eigenvalue weighted by Gasteiger charge is -2.05. The first-order chi connectivity index (χ1) is 8.13. The molecule has 2 aromatic rings. The van der Waals surface area contributed by atoms with E-state index in [9.17, 15) is 0 Å². The average molecular weight is 295 g/mol. The molecule has 0 saturated carbocycles. The van der Waals surface area contributed by atoms with Gasteiger partial charge in [0.25, 0.3) is 0 Å². The SMILES string of the molecule is CC1Cc2cc(-c3cc(N)no3)cc(Br)c2O1. The van der Waals surface area contributed by atoms with Gasteiger partial charge in [0, 0.05) is 18.1 Å². The summed E-state index contributed by atoms with van der Waals surface area (Å²) in [4.78, 5) is 0. The van der Waals surface area contributed by atoms with Crippen LogP contribution in [-0.2, 0) is 6.42 Å². The molecule has 1 aliphatic rings. The molecule has 0 spiro atoms. The highest BCUT2D eigenvalue weighted by Gasteiger charge is 2.23. The number of hydrogen-bond acceptors (Lipinski definition) is 4. The van der Waals surface area contributed by atoms with Crippen molar-refractivity contribution in [2.45, 2.75) is 19.4 Å². The van der Waals surface area contributed by atoms with Crippen LogP contribution in [0.5, 0.6) is 5.75 Å². The smallest absolute Gasteiger partial charge is 0.169 e. The Morgan fingerprint density at radius 1 is 1.41 bits per heavy atom. The molecule has 0 aliphatic carbocycles. The van der Waals surface area contributed by atoms with Gasteiger partial charge in [-0.1, -0.05) is 5.16 Å². The largest absolute Gasteiger partial charge is 0.489 e. The van der Waals surface area contributed by atoms with E-state index in [2.05, 4.69) is 34.1 Å². The second kappa shape index (κ2) is 3.77. The van der Waals surface area contributed by atoms with Gasteiger partial charge < -0.3 is 15.0 Å². The summed E-state index contributed by atoms with van der Waals surface area (Å²) >= 11 is 3.51. The minimum atomic E-state index is 0.219.